The van der Waals surface area contributed by atoms with Crippen molar-refractivity contribution in [2.45, 2.75) is 45.6 Å². The van der Waals surface area contributed by atoms with Crippen LogP contribution in [-0.2, 0) is 12.8 Å². The first-order valence-electron chi connectivity index (χ1n) is 8.43. The maximum absolute atomic E-state index is 12.5. The zero-order chi connectivity index (χ0) is 16.2. The van der Waals surface area contributed by atoms with Crippen molar-refractivity contribution in [3.05, 3.63) is 64.7 Å². The quantitative estimate of drug-likeness (QED) is 0.843. The van der Waals surface area contributed by atoms with Crippen molar-refractivity contribution in [3.63, 3.8) is 0 Å². The van der Waals surface area contributed by atoms with Gasteiger partial charge in [0.15, 0.2) is 0 Å². The van der Waals surface area contributed by atoms with Gasteiger partial charge in [-0.1, -0.05) is 49.4 Å². The van der Waals surface area contributed by atoms with Crippen molar-refractivity contribution >= 4 is 11.7 Å². The maximum Gasteiger partial charge on any atom is 0.319 e. The van der Waals surface area contributed by atoms with Gasteiger partial charge >= 0.3 is 6.03 Å². The van der Waals surface area contributed by atoms with Gasteiger partial charge in [-0.3, -0.25) is 0 Å². The summed E-state index contributed by atoms with van der Waals surface area (Å²) in [5.41, 5.74) is 5.83. The number of carbonyl (C=O) groups is 1. The molecule has 3 rings (SSSR count). The molecule has 0 saturated heterocycles. The third kappa shape index (κ3) is 3.39. The predicted molar refractivity (Wildman–Crippen MR) is 94.8 cm³/mol. The van der Waals surface area contributed by atoms with Crippen LogP contribution < -0.4 is 10.6 Å². The number of para-hydroxylation sites is 1. The van der Waals surface area contributed by atoms with Crippen molar-refractivity contribution in [2.75, 3.05) is 5.32 Å². The van der Waals surface area contributed by atoms with Crippen molar-refractivity contribution < 1.29 is 4.79 Å². The number of hydrogen-bond acceptors (Lipinski definition) is 1. The van der Waals surface area contributed by atoms with Crippen LogP contribution in [-0.4, -0.2) is 6.03 Å². The van der Waals surface area contributed by atoms with Crippen molar-refractivity contribution in [1.29, 1.82) is 0 Å². The molecule has 1 unspecified atom stereocenters. The smallest absolute Gasteiger partial charge is 0.319 e. The molecule has 2 aromatic rings. The number of carbonyl (C=O) groups excluding carboxylic acids is 1. The SMILES string of the molecule is CCc1cccc(C)c1NC(=O)NC1CCCc2ccccc21. The van der Waals surface area contributed by atoms with Gasteiger partial charge in [0.05, 0.1) is 6.04 Å². The summed E-state index contributed by atoms with van der Waals surface area (Å²) in [5.74, 6) is 0. The Morgan fingerprint density at radius 3 is 2.83 bits per heavy atom. The lowest BCUT2D eigenvalue weighted by atomic mass is 9.88. The van der Waals surface area contributed by atoms with Gasteiger partial charge in [-0.2, -0.15) is 0 Å². The van der Waals surface area contributed by atoms with Crippen LogP contribution in [0.15, 0.2) is 42.5 Å². The molecule has 0 bridgehead atoms. The minimum atomic E-state index is -0.115. The second-order valence-corrected chi connectivity index (χ2v) is 6.20. The Morgan fingerprint density at radius 1 is 1.17 bits per heavy atom. The first kappa shape index (κ1) is 15.6. The maximum atomic E-state index is 12.5. The lowest BCUT2D eigenvalue weighted by molar-refractivity contribution is 0.247. The van der Waals surface area contributed by atoms with Gasteiger partial charge in [0, 0.05) is 5.69 Å². The average Bonchev–Trinajstić information content (AvgIpc) is 2.57. The molecule has 1 aliphatic rings. The Kier molecular flexibility index (Phi) is 4.65. The highest BCUT2D eigenvalue weighted by Crippen LogP contribution is 2.29. The number of rotatable bonds is 3. The highest BCUT2D eigenvalue weighted by Gasteiger charge is 2.21. The number of nitrogens with one attached hydrogen (secondary N) is 2. The largest absolute Gasteiger partial charge is 0.331 e. The molecular formula is C20H24N2O. The van der Waals surface area contributed by atoms with Crippen molar-refractivity contribution in [1.82, 2.24) is 5.32 Å². The van der Waals surface area contributed by atoms with Gasteiger partial charge in [-0.25, -0.2) is 4.79 Å². The van der Waals surface area contributed by atoms with E-state index < -0.39 is 0 Å². The topological polar surface area (TPSA) is 41.1 Å². The molecule has 0 spiro atoms. The average molecular weight is 308 g/mol. The Morgan fingerprint density at radius 2 is 2.00 bits per heavy atom. The molecule has 3 nitrogen and oxygen atoms in total. The third-order valence-electron chi connectivity index (χ3n) is 4.65. The molecule has 0 fully saturated rings. The second-order valence-electron chi connectivity index (χ2n) is 6.20. The van der Waals surface area contributed by atoms with Crippen LogP contribution >= 0.6 is 0 Å². The molecular weight excluding hydrogens is 284 g/mol. The molecule has 0 aromatic heterocycles. The van der Waals surface area contributed by atoms with Gasteiger partial charge in [-0.15, -0.1) is 0 Å². The van der Waals surface area contributed by atoms with Crippen LogP contribution in [0.1, 0.15) is 48.1 Å². The summed E-state index contributed by atoms with van der Waals surface area (Å²) in [7, 11) is 0. The Bertz CT molecular complexity index is 709. The first-order valence-corrected chi connectivity index (χ1v) is 8.43. The number of urea groups is 1. The fraction of sp³-hybridized carbons (Fsp3) is 0.350. The van der Waals surface area contributed by atoms with Crippen LogP contribution in [0.3, 0.4) is 0 Å². The highest BCUT2D eigenvalue weighted by atomic mass is 16.2. The molecule has 0 heterocycles. The fourth-order valence-electron chi connectivity index (χ4n) is 3.41. The second kappa shape index (κ2) is 6.86. The summed E-state index contributed by atoms with van der Waals surface area (Å²) in [4.78, 5) is 12.5. The van der Waals surface area contributed by atoms with Crippen LogP contribution in [0.2, 0.25) is 0 Å². The van der Waals surface area contributed by atoms with E-state index in [0.717, 1.165) is 36.9 Å². The Labute approximate surface area is 138 Å². The normalized spacial score (nSPS) is 16.5. The summed E-state index contributed by atoms with van der Waals surface area (Å²) in [6, 6.07) is 14.5. The number of aryl methyl sites for hydroxylation is 3. The van der Waals surface area contributed by atoms with Crippen molar-refractivity contribution in [2.24, 2.45) is 0 Å². The summed E-state index contributed by atoms with van der Waals surface area (Å²) < 4.78 is 0. The van der Waals surface area contributed by atoms with E-state index >= 15 is 0 Å². The monoisotopic (exact) mass is 308 g/mol. The first-order chi connectivity index (χ1) is 11.2. The standard InChI is InChI=1S/C20H24N2O/c1-3-15-10-6-8-14(2)19(15)22-20(23)21-18-13-7-11-16-9-4-5-12-17(16)18/h4-6,8-10,12,18H,3,7,11,13H2,1-2H3,(H2,21,22,23). The zero-order valence-corrected chi connectivity index (χ0v) is 13.9. The van der Waals surface area contributed by atoms with E-state index in [-0.39, 0.29) is 12.1 Å². The van der Waals surface area contributed by atoms with Gasteiger partial charge in [0.2, 0.25) is 0 Å². The molecule has 2 amide bonds. The van der Waals surface area contributed by atoms with E-state index in [1.807, 2.05) is 25.1 Å². The van der Waals surface area contributed by atoms with E-state index in [2.05, 4.69) is 41.8 Å². The van der Waals surface area contributed by atoms with E-state index in [1.54, 1.807) is 0 Å². The number of benzene rings is 2. The van der Waals surface area contributed by atoms with Gasteiger partial charge in [0.1, 0.15) is 0 Å². The number of anilines is 1. The molecule has 1 atom stereocenters. The van der Waals surface area contributed by atoms with Crippen LogP contribution in [0.4, 0.5) is 10.5 Å². The summed E-state index contributed by atoms with van der Waals surface area (Å²) in [6.45, 7) is 4.14. The van der Waals surface area contributed by atoms with Crippen LogP contribution in [0.25, 0.3) is 0 Å². The summed E-state index contributed by atoms with van der Waals surface area (Å²) in [6.07, 6.45) is 4.13. The molecule has 23 heavy (non-hydrogen) atoms. The molecule has 0 radical (unpaired) electrons. The van der Waals surface area contributed by atoms with Gasteiger partial charge in [-0.05, 0) is 54.9 Å². The molecule has 0 aliphatic heterocycles. The van der Waals surface area contributed by atoms with Crippen LogP contribution in [0.5, 0.6) is 0 Å². The van der Waals surface area contributed by atoms with Crippen molar-refractivity contribution in [3.8, 4) is 0 Å². The van der Waals surface area contributed by atoms with Gasteiger partial charge < -0.3 is 10.6 Å². The number of amides is 2. The molecule has 1 aliphatic carbocycles. The lowest BCUT2D eigenvalue weighted by Crippen LogP contribution is -2.34. The minimum Gasteiger partial charge on any atom is -0.331 e. The van der Waals surface area contributed by atoms with Gasteiger partial charge in [0.25, 0.3) is 0 Å². The summed E-state index contributed by atoms with van der Waals surface area (Å²) in [5, 5.41) is 6.21. The van der Waals surface area contributed by atoms with E-state index in [9.17, 15) is 4.79 Å². The Balaban J connectivity index is 1.74. The predicted octanol–water partition coefficient (Wildman–Crippen LogP) is 4.76. The van der Waals surface area contributed by atoms with E-state index in [4.69, 9.17) is 0 Å². The molecule has 3 heteroatoms. The zero-order valence-electron chi connectivity index (χ0n) is 13.9. The minimum absolute atomic E-state index is 0.106. The fourth-order valence-corrected chi connectivity index (χ4v) is 3.41. The number of hydrogen-bond donors (Lipinski definition) is 2. The summed E-state index contributed by atoms with van der Waals surface area (Å²) >= 11 is 0. The molecule has 0 saturated carbocycles. The lowest BCUT2D eigenvalue weighted by Gasteiger charge is -2.26. The highest BCUT2D eigenvalue weighted by molar-refractivity contribution is 5.91. The van der Waals surface area contributed by atoms with E-state index in [0.29, 0.717) is 0 Å². The number of fused-ring (bicyclic) bond motifs is 1. The molecule has 2 N–H and O–H groups in total. The Hall–Kier alpha value is -2.29. The van der Waals surface area contributed by atoms with E-state index in [1.165, 1.54) is 16.7 Å². The third-order valence-corrected chi connectivity index (χ3v) is 4.65. The van der Waals surface area contributed by atoms with Crippen LogP contribution in [0, 0.1) is 6.92 Å². The molecule has 120 valence electrons. The molecule has 2 aromatic carbocycles.